The summed E-state index contributed by atoms with van der Waals surface area (Å²) >= 11 is 11.7. The van der Waals surface area contributed by atoms with Crippen LogP contribution in [-0.2, 0) is 0 Å². The number of halogens is 6. The average Bonchev–Trinajstić information content (AvgIpc) is 2.33. The van der Waals surface area contributed by atoms with Crippen LogP contribution in [0.4, 0.5) is 17.6 Å². The highest BCUT2D eigenvalue weighted by molar-refractivity contribution is 6.33. The first-order valence-electron chi connectivity index (χ1n) is 5.13. The highest BCUT2D eigenvalue weighted by Crippen LogP contribution is 2.36. The topological polar surface area (TPSA) is 0 Å². The molecule has 0 aliphatic rings. The van der Waals surface area contributed by atoms with Crippen molar-refractivity contribution in [3.63, 3.8) is 0 Å². The van der Waals surface area contributed by atoms with Gasteiger partial charge in [0.25, 0.3) is 0 Å². The van der Waals surface area contributed by atoms with Crippen LogP contribution in [0.15, 0.2) is 30.3 Å². The van der Waals surface area contributed by atoms with Crippen molar-refractivity contribution >= 4 is 23.2 Å². The van der Waals surface area contributed by atoms with Gasteiger partial charge in [-0.1, -0.05) is 17.7 Å². The fraction of sp³-hybridized carbons (Fsp3) is 0.0769. The number of alkyl halides is 1. The number of benzene rings is 2. The Hall–Kier alpha value is -1.26. The van der Waals surface area contributed by atoms with E-state index in [0.717, 1.165) is 24.3 Å². The van der Waals surface area contributed by atoms with E-state index in [1.54, 1.807) is 0 Å². The zero-order chi connectivity index (χ0) is 14.2. The molecular weight excluding hydrogens is 303 g/mol. The maximum atomic E-state index is 13.6. The van der Waals surface area contributed by atoms with Crippen molar-refractivity contribution in [2.24, 2.45) is 0 Å². The van der Waals surface area contributed by atoms with E-state index in [0.29, 0.717) is 6.07 Å². The summed E-state index contributed by atoms with van der Waals surface area (Å²) in [5, 5.41) is -1.29. The summed E-state index contributed by atoms with van der Waals surface area (Å²) in [6, 6.07) is 4.33. The van der Waals surface area contributed by atoms with Crippen molar-refractivity contribution in [1.29, 1.82) is 0 Å². The molecule has 19 heavy (non-hydrogen) atoms. The lowest BCUT2D eigenvalue weighted by molar-refractivity contribution is 0.507. The molecule has 0 heterocycles. The lowest BCUT2D eigenvalue weighted by atomic mass is 10.0. The van der Waals surface area contributed by atoms with Gasteiger partial charge in [0.05, 0.1) is 5.38 Å². The maximum absolute atomic E-state index is 13.6. The Kier molecular flexibility index (Phi) is 4.02. The van der Waals surface area contributed by atoms with Gasteiger partial charge >= 0.3 is 0 Å². The number of rotatable bonds is 2. The first-order valence-corrected chi connectivity index (χ1v) is 5.95. The first-order chi connectivity index (χ1) is 8.90. The third-order valence-corrected chi connectivity index (χ3v) is 3.35. The van der Waals surface area contributed by atoms with Gasteiger partial charge in [-0.2, -0.15) is 0 Å². The largest absolute Gasteiger partial charge is 0.207 e. The van der Waals surface area contributed by atoms with Crippen molar-refractivity contribution in [1.82, 2.24) is 0 Å². The molecule has 0 radical (unpaired) electrons. The van der Waals surface area contributed by atoms with Gasteiger partial charge in [0.15, 0.2) is 11.6 Å². The van der Waals surface area contributed by atoms with Crippen LogP contribution in [0.1, 0.15) is 16.5 Å². The quantitative estimate of drug-likeness (QED) is 0.405. The van der Waals surface area contributed by atoms with Crippen LogP contribution in [0.5, 0.6) is 0 Å². The third-order valence-electron chi connectivity index (χ3n) is 2.55. The molecule has 1 atom stereocenters. The lowest BCUT2D eigenvalue weighted by Gasteiger charge is -2.13. The van der Waals surface area contributed by atoms with Crippen LogP contribution in [0.2, 0.25) is 5.02 Å². The fourth-order valence-electron chi connectivity index (χ4n) is 1.61. The number of hydrogen-bond donors (Lipinski definition) is 0. The molecule has 0 nitrogen and oxygen atoms in total. The molecule has 100 valence electrons. The molecular formula is C13H6Cl2F4. The average molecular weight is 309 g/mol. The van der Waals surface area contributed by atoms with Crippen molar-refractivity contribution in [3.8, 4) is 0 Å². The summed E-state index contributed by atoms with van der Waals surface area (Å²) in [5.41, 5.74) is -0.0660. The summed E-state index contributed by atoms with van der Waals surface area (Å²) in [4.78, 5) is 0. The molecule has 0 fully saturated rings. The lowest BCUT2D eigenvalue weighted by Crippen LogP contribution is -2.00. The van der Waals surface area contributed by atoms with E-state index in [1.165, 1.54) is 0 Å². The van der Waals surface area contributed by atoms with Crippen molar-refractivity contribution < 1.29 is 17.6 Å². The van der Waals surface area contributed by atoms with Gasteiger partial charge in [0.1, 0.15) is 11.6 Å². The zero-order valence-electron chi connectivity index (χ0n) is 9.23. The summed E-state index contributed by atoms with van der Waals surface area (Å²) in [7, 11) is 0. The van der Waals surface area contributed by atoms with Crippen LogP contribution in [0.3, 0.4) is 0 Å². The van der Waals surface area contributed by atoms with Crippen molar-refractivity contribution in [2.75, 3.05) is 0 Å². The molecule has 0 aliphatic heterocycles. The van der Waals surface area contributed by atoms with Gasteiger partial charge in [0, 0.05) is 16.7 Å². The second kappa shape index (κ2) is 5.39. The van der Waals surface area contributed by atoms with E-state index in [1.807, 2.05) is 0 Å². The van der Waals surface area contributed by atoms with Gasteiger partial charge < -0.3 is 0 Å². The van der Waals surface area contributed by atoms with E-state index in [4.69, 9.17) is 23.2 Å². The SMILES string of the molecule is Fc1ccc(C(Cl)c2cc(F)c(F)cc2Cl)c(F)c1. The molecule has 0 aliphatic carbocycles. The molecule has 0 N–H and O–H groups in total. The summed E-state index contributed by atoms with van der Waals surface area (Å²) in [6.45, 7) is 0. The molecule has 1 unspecified atom stereocenters. The van der Waals surface area contributed by atoms with E-state index in [9.17, 15) is 17.6 Å². The van der Waals surface area contributed by atoms with E-state index >= 15 is 0 Å². The molecule has 0 amide bonds. The van der Waals surface area contributed by atoms with Crippen LogP contribution in [0, 0.1) is 23.3 Å². The molecule has 0 spiro atoms. The molecule has 2 aromatic carbocycles. The van der Waals surface area contributed by atoms with E-state index < -0.39 is 28.6 Å². The van der Waals surface area contributed by atoms with Gasteiger partial charge in [-0.25, -0.2) is 17.6 Å². The predicted octanol–water partition coefficient (Wildman–Crippen LogP) is 5.22. The maximum Gasteiger partial charge on any atom is 0.160 e. The molecule has 0 aromatic heterocycles. The minimum Gasteiger partial charge on any atom is -0.207 e. The zero-order valence-corrected chi connectivity index (χ0v) is 10.7. The molecule has 0 saturated heterocycles. The summed E-state index contributed by atoms with van der Waals surface area (Å²) < 4.78 is 52.4. The minimum atomic E-state index is -1.15. The minimum absolute atomic E-state index is 0.00717. The van der Waals surface area contributed by atoms with Crippen LogP contribution >= 0.6 is 23.2 Å². The van der Waals surface area contributed by atoms with E-state index in [-0.39, 0.29) is 16.1 Å². The predicted molar refractivity (Wildman–Crippen MR) is 65.4 cm³/mol. The molecule has 2 rings (SSSR count). The molecule has 0 bridgehead atoms. The van der Waals surface area contributed by atoms with Crippen molar-refractivity contribution in [3.05, 3.63) is 69.8 Å². The highest BCUT2D eigenvalue weighted by atomic mass is 35.5. The summed E-state index contributed by atoms with van der Waals surface area (Å²) in [5.74, 6) is -3.92. The van der Waals surface area contributed by atoms with Gasteiger partial charge in [-0.3, -0.25) is 0 Å². The monoisotopic (exact) mass is 308 g/mol. The molecule has 0 saturated carbocycles. The summed E-state index contributed by atoms with van der Waals surface area (Å²) in [6.07, 6.45) is 0. The Morgan fingerprint density at radius 2 is 1.42 bits per heavy atom. The Morgan fingerprint density at radius 3 is 2.05 bits per heavy atom. The second-order valence-corrected chi connectivity index (χ2v) is 4.66. The number of hydrogen-bond acceptors (Lipinski definition) is 0. The third kappa shape index (κ3) is 2.85. The fourth-order valence-corrected chi connectivity index (χ4v) is 2.28. The first kappa shape index (κ1) is 14.2. The Bertz CT molecular complexity index is 628. The Labute approximate surface area is 116 Å². The van der Waals surface area contributed by atoms with E-state index in [2.05, 4.69) is 0 Å². The normalized spacial score (nSPS) is 12.5. The Morgan fingerprint density at radius 1 is 0.789 bits per heavy atom. The van der Waals surface area contributed by atoms with Gasteiger partial charge in [-0.15, -0.1) is 11.6 Å². The Balaban J connectivity index is 2.49. The van der Waals surface area contributed by atoms with Crippen LogP contribution in [-0.4, -0.2) is 0 Å². The molecule has 2 aromatic rings. The van der Waals surface area contributed by atoms with Crippen molar-refractivity contribution in [2.45, 2.75) is 5.38 Å². The second-order valence-electron chi connectivity index (χ2n) is 3.82. The standard InChI is InChI=1S/C13H6Cl2F4/c14-9-5-12(19)11(18)4-8(9)13(15)7-2-1-6(16)3-10(7)17/h1-5,13H. The van der Waals surface area contributed by atoms with Gasteiger partial charge in [0.2, 0.25) is 0 Å². The highest BCUT2D eigenvalue weighted by Gasteiger charge is 2.20. The van der Waals surface area contributed by atoms with Crippen LogP contribution in [0.25, 0.3) is 0 Å². The van der Waals surface area contributed by atoms with Gasteiger partial charge in [-0.05, 0) is 23.8 Å². The molecule has 6 heteroatoms. The van der Waals surface area contributed by atoms with Crippen LogP contribution < -0.4 is 0 Å². The smallest absolute Gasteiger partial charge is 0.160 e.